The van der Waals surface area contributed by atoms with Gasteiger partial charge in [-0.25, -0.2) is 0 Å². The molecule has 4 rings (SSSR count). The van der Waals surface area contributed by atoms with Gasteiger partial charge in [-0.05, 0) is 41.7 Å². The highest BCUT2D eigenvalue weighted by Crippen LogP contribution is 2.47. The van der Waals surface area contributed by atoms with Crippen molar-refractivity contribution in [3.05, 3.63) is 101 Å². The van der Waals surface area contributed by atoms with Crippen molar-refractivity contribution in [1.29, 1.82) is 0 Å². The van der Waals surface area contributed by atoms with Gasteiger partial charge in [0.25, 0.3) is 0 Å². The van der Waals surface area contributed by atoms with Crippen molar-refractivity contribution in [2.75, 3.05) is 0 Å². The Hall–Kier alpha value is -2.34. The molecule has 0 N–H and O–H groups in total. The van der Waals surface area contributed by atoms with Crippen LogP contribution in [-0.4, -0.2) is 0 Å². The van der Waals surface area contributed by atoms with Gasteiger partial charge >= 0.3 is 0 Å². The second-order valence-corrected chi connectivity index (χ2v) is 6.70. The van der Waals surface area contributed by atoms with Gasteiger partial charge in [-0.15, -0.1) is 0 Å². The molecule has 23 heavy (non-hydrogen) atoms. The van der Waals surface area contributed by atoms with Gasteiger partial charge in [0.15, 0.2) is 0 Å². The summed E-state index contributed by atoms with van der Waals surface area (Å²) in [5.74, 6) is 1.38. The summed E-state index contributed by atoms with van der Waals surface area (Å²) in [4.78, 5) is 0. The van der Waals surface area contributed by atoms with Crippen molar-refractivity contribution in [3.63, 3.8) is 0 Å². The number of allylic oxidation sites excluding steroid dienone is 5. The Morgan fingerprint density at radius 1 is 0.783 bits per heavy atom. The first-order valence-electron chi connectivity index (χ1n) is 8.44. The Kier molecular flexibility index (Phi) is 3.53. The minimum absolute atomic E-state index is 0.449. The standard InChI is InChI=1S/C23H22/c1-16-12-13-17(2)22-20(16)14-15-21(22)23(19-10-6-7-11-19)18-8-4-3-5-9-18/h3-15,19,21,23H,1-2H3. The molecule has 0 saturated carbocycles. The Bertz CT molecular complexity index is 793. The molecule has 0 radical (unpaired) electrons. The fourth-order valence-corrected chi connectivity index (χ4v) is 4.15. The number of aryl methyl sites for hydroxylation is 2. The summed E-state index contributed by atoms with van der Waals surface area (Å²) in [6.45, 7) is 4.47. The minimum atomic E-state index is 0.449. The molecule has 0 heterocycles. The molecular formula is C23H22. The average Bonchev–Trinajstić information content (AvgIpc) is 3.24. The minimum Gasteiger partial charge on any atom is -0.0770 e. The molecule has 0 bridgehead atoms. The van der Waals surface area contributed by atoms with Gasteiger partial charge < -0.3 is 0 Å². The summed E-state index contributed by atoms with van der Waals surface area (Å²) in [6, 6.07) is 15.5. The van der Waals surface area contributed by atoms with Crippen LogP contribution < -0.4 is 0 Å². The van der Waals surface area contributed by atoms with Crippen LogP contribution in [0, 0.1) is 19.8 Å². The normalized spacial score (nSPS) is 20.2. The van der Waals surface area contributed by atoms with E-state index in [9.17, 15) is 0 Å². The summed E-state index contributed by atoms with van der Waals surface area (Å²) in [7, 11) is 0. The van der Waals surface area contributed by atoms with E-state index in [2.05, 4.69) is 92.8 Å². The number of rotatable bonds is 3. The molecule has 2 aromatic rings. The SMILES string of the molecule is Cc1ccc(C)c2c1C=CC2C(c1ccccc1)C1C=CC=C1. The van der Waals surface area contributed by atoms with Crippen LogP contribution >= 0.6 is 0 Å². The van der Waals surface area contributed by atoms with E-state index < -0.39 is 0 Å². The maximum absolute atomic E-state index is 2.42. The highest BCUT2D eigenvalue weighted by molar-refractivity contribution is 5.68. The van der Waals surface area contributed by atoms with E-state index in [4.69, 9.17) is 0 Å². The zero-order chi connectivity index (χ0) is 15.8. The Labute approximate surface area is 138 Å². The van der Waals surface area contributed by atoms with E-state index in [1.54, 1.807) is 0 Å². The van der Waals surface area contributed by atoms with Gasteiger partial charge in [0.2, 0.25) is 0 Å². The number of fused-ring (bicyclic) bond motifs is 1. The van der Waals surface area contributed by atoms with Crippen LogP contribution in [0.1, 0.15) is 39.7 Å². The van der Waals surface area contributed by atoms with Gasteiger partial charge in [0.05, 0.1) is 0 Å². The third-order valence-electron chi connectivity index (χ3n) is 5.29. The van der Waals surface area contributed by atoms with Gasteiger partial charge in [-0.2, -0.15) is 0 Å². The summed E-state index contributed by atoms with van der Waals surface area (Å²) in [5, 5.41) is 0. The van der Waals surface area contributed by atoms with Gasteiger partial charge in [0.1, 0.15) is 0 Å². The first-order chi connectivity index (χ1) is 11.3. The molecule has 0 amide bonds. The van der Waals surface area contributed by atoms with Crippen LogP contribution in [0.25, 0.3) is 6.08 Å². The van der Waals surface area contributed by atoms with E-state index in [0.717, 1.165) is 0 Å². The maximum Gasteiger partial charge on any atom is 0.0107 e. The molecule has 2 aromatic carbocycles. The Morgan fingerprint density at radius 3 is 2.22 bits per heavy atom. The zero-order valence-electron chi connectivity index (χ0n) is 13.7. The molecule has 2 aliphatic rings. The van der Waals surface area contributed by atoms with Gasteiger partial charge in [0, 0.05) is 17.8 Å². The fraction of sp³-hybridized carbons (Fsp3) is 0.217. The molecule has 0 heteroatoms. The van der Waals surface area contributed by atoms with Gasteiger partial charge in [-0.1, -0.05) is 78.9 Å². The number of hydrogen-bond donors (Lipinski definition) is 0. The highest BCUT2D eigenvalue weighted by Gasteiger charge is 2.33. The van der Waals surface area contributed by atoms with E-state index in [1.165, 1.54) is 27.8 Å². The first kappa shape index (κ1) is 14.3. The molecule has 0 fully saturated rings. The van der Waals surface area contributed by atoms with Crippen LogP contribution in [0.15, 0.2) is 72.8 Å². The lowest BCUT2D eigenvalue weighted by Crippen LogP contribution is -2.16. The van der Waals surface area contributed by atoms with E-state index >= 15 is 0 Å². The first-order valence-corrected chi connectivity index (χ1v) is 8.44. The third kappa shape index (κ3) is 2.39. The monoisotopic (exact) mass is 298 g/mol. The second kappa shape index (κ2) is 5.70. The van der Waals surface area contributed by atoms with Gasteiger partial charge in [-0.3, -0.25) is 0 Å². The number of benzene rings is 2. The highest BCUT2D eigenvalue weighted by atomic mass is 14.4. The quantitative estimate of drug-likeness (QED) is 0.658. The van der Waals surface area contributed by atoms with E-state index in [0.29, 0.717) is 17.8 Å². The van der Waals surface area contributed by atoms with Crippen molar-refractivity contribution in [3.8, 4) is 0 Å². The maximum atomic E-state index is 2.42. The molecule has 0 aliphatic heterocycles. The van der Waals surface area contributed by atoms with Crippen molar-refractivity contribution in [2.45, 2.75) is 25.7 Å². The average molecular weight is 298 g/mol. The molecule has 0 aromatic heterocycles. The van der Waals surface area contributed by atoms with Crippen LogP contribution in [0.3, 0.4) is 0 Å². The lowest BCUT2D eigenvalue weighted by atomic mass is 9.74. The van der Waals surface area contributed by atoms with Crippen molar-refractivity contribution < 1.29 is 0 Å². The number of hydrogen-bond acceptors (Lipinski definition) is 0. The summed E-state index contributed by atoms with van der Waals surface area (Å²) in [6.07, 6.45) is 13.8. The molecule has 2 aliphatic carbocycles. The molecular weight excluding hydrogens is 276 g/mol. The Balaban J connectivity index is 1.84. The molecule has 0 spiro atoms. The molecule has 2 atom stereocenters. The molecule has 2 unspecified atom stereocenters. The van der Waals surface area contributed by atoms with Crippen LogP contribution in [-0.2, 0) is 0 Å². The van der Waals surface area contributed by atoms with E-state index in [-0.39, 0.29) is 0 Å². The fourth-order valence-electron chi connectivity index (χ4n) is 4.15. The lowest BCUT2D eigenvalue weighted by molar-refractivity contribution is 0.546. The lowest BCUT2D eigenvalue weighted by Gasteiger charge is -2.29. The second-order valence-electron chi connectivity index (χ2n) is 6.70. The smallest absolute Gasteiger partial charge is 0.0107 e. The predicted molar refractivity (Wildman–Crippen MR) is 98.6 cm³/mol. The topological polar surface area (TPSA) is 0 Å². The summed E-state index contributed by atoms with van der Waals surface area (Å²) in [5.41, 5.74) is 7.17. The van der Waals surface area contributed by atoms with Crippen molar-refractivity contribution in [2.24, 2.45) is 5.92 Å². The van der Waals surface area contributed by atoms with Crippen LogP contribution in [0.4, 0.5) is 0 Å². The summed E-state index contributed by atoms with van der Waals surface area (Å²) >= 11 is 0. The largest absolute Gasteiger partial charge is 0.0770 e. The third-order valence-corrected chi connectivity index (χ3v) is 5.29. The Morgan fingerprint density at radius 2 is 1.48 bits per heavy atom. The predicted octanol–water partition coefficient (Wildman–Crippen LogP) is 5.94. The van der Waals surface area contributed by atoms with E-state index in [1.807, 2.05) is 0 Å². The van der Waals surface area contributed by atoms with Crippen molar-refractivity contribution >= 4 is 6.08 Å². The van der Waals surface area contributed by atoms with Crippen LogP contribution in [0.2, 0.25) is 0 Å². The molecule has 114 valence electrons. The zero-order valence-corrected chi connectivity index (χ0v) is 13.7. The summed E-state index contributed by atoms with van der Waals surface area (Å²) < 4.78 is 0. The van der Waals surface area contributed by atoms with Crippen LogP contribution in [0.5, 0.6) is 0 Å². The molecule has 0 saturated heterocycles. The van der Waals surface area contributed by atoms with Crippen molar-refractivity contribution in [1.82, 2.24) is 0 Å². The molecule has 0 nitrogen and oxygen atoms in total.